The fourth-order valence-electron chi connectivity index (χ4n) is 2.13. The number of nitrogens with one attached hydrogen (secondary N) is 1. The van der Waals surface area contributed by atoms with E-state index in [1.807, 2.05) is 18.2 Å². The number of nitrogens with zero attached hydrogens (tertiary/aromatic N) is 1. The normalized spacial score (nSPS) is 12.0. The molecule has 7 heteroatoms. The van der Waals surface area contributed by atoms with Crippen LogP contribution >= 0.6 is 11.3 Å². The lowest BCUT2D eigenvalue weighted by Crippen LogP contribution is -2.12. The number of halogens is 1. The first kappa shape index (κ1) is 15.9. The zero-order valence-corrected chi connectivity index (χ0v) is 14.2. The number of benzene rings is 2. The molecule has 1 aromatic heterocycles. The van der Waals surface area contributed by atoms with Crippen LogP contribution in [-0.2, 0) is 10.0 Å². The Bertz CT molecular complexity index is 948. The molecule has 0 saturated heterocycles. The van der Waals surface area contributed by atoms with Gasteiger partial charge in [-0.05, 0) is 47.9 Å². The van der Waals surface area contributed by atoms with Gasteiger partial charge in [0.1, 0.15) is 5.82 Å². The second kappa shape index (κ2) is 5.90. The number of fused-ring (bicyclic) bond motifs is 1. The summed E-state index contributed by atoms with van der Waals surface area (Å²) in [5.41, 5.74) is 1.92. The molecule has 1 N–H and O–H groups in total. The molecule has 4 nitrogen and oxygen atoms in total. The number of hydrogen-bond acceptors (Lipinski definition) is 4. The van der Waals surface area contributed by atoms with Crippen molar-refractivity contribution < 1.29 is 12.8 Å². The molecule has 1 heterocycles. The van der Waals surface area contributed by atoms with Crippen LogP contribution in [0, 0.1) is 5.82 Å². The maximum Gasteiger partial charge on any atom is 0.263 e. The predicted octanol–water partition coefficient (Wildman–Crippen LogP) is 4.36. The fourth-order valence-corrected chi connectivity index (χ4v) is 4.28. The van der Waals surface area contributed by atoms with Crippen LogP contribution < -0.4 is 4.72 Å². The molecular weight excluding hydrogens is 335 g/mol. The Labute approximate surface area is 138 Å². The molecule has 2 aromatic carbocycles. The van der Waals surface area contributed by atoms with Gasteiger partial charge in [-0.25, -0.2) is 17.8 Å². The minimum absolute atomic E-state index is 0.000950. The monoisotopic (exact) mass is 350 g/mol. The topological polar surface area (TPSA) is 59.1 Å². The number of aromatic nitrogens is 1. The summed E-state index contributed by atoms with van der Waals surface area (Å²) < 4.78 is 40.9. The molecule has 120 valence electrons. The van der Waals surface area contributed by atoms with Crippen LogP contribution in [0.25, 0.3) is 10.2 Å². The van der Waals surface area contributed by atoms with Gasteiger partial charge in [0.05, 0.1) is 15.1 Å². The molecule has 0 saturated carbocycles. The largest absolute Gasteiger partial charge is 0.263 e. The minimum Gasteiger partial charge on any atom is -0.255 e. The van der Waals surface area contributed by atoms with E-state index in [0.29, 0.717) is 11.0 Å². The lowest BCUT2D eigenvalue weighted by Gasteiger charge is -2.04. The van der Waals surface area contributed by atoms with Gasteiger partial charge in [0, 0.05) is 0 Å². The summed E-state index contributed by atoms with van der Waals surface area (Å²) in [5.74, 6) is -0.0917. The van der Waals surface area contributed by atoms with Gasteiger partial charge in [-0.2, -0.15) is 0 Å². The summed E-state index contributed by atoms with van der Waals surface area (Å²) in [6, 6.07) is 10.6. The second-order valence-electron chi connectivity index (χ2n) is 5.46. The van der Waals surface area contributed by atoms with Crippen molar-refractivity contribution in [3.05, 3.63) is 53.8 Å². The van der Waals surface area contributed by atoms with Gasteiger partial charge in [-0.1, -0.05) is 31.3 Å². The van der Waals surface area contributed by atoms with E-state index in [0.717, 1.165) is 22.3 Å². The highest BCUT2D eigenvalue weighted by atomic mass is 32.2. The Morgan fingerprint density at radius 2 is 1.83 bits per heavy atom. The van der Waals surface area contributed by atoms with Gasteiger partial charge in [0.25, 0.3) is 10.0 Å². The van der Waals surface area contributed by atoms with Crippen LogP contribution in [0.4, 0.5) is 9.52 Å². The van der Waals surface area contributed by atoms with E-state index >= 15 is 0 Å². The molecule has 0 spiro atoms. The molecule has 0 amide bonds. The highest BCUT2D eigenvalue weighted by Crippen LogP contribution is 2.30. The van der Waals surface area contributed by atoms with Crippen molar-refractivity contribution in [2.24, 2.45) is 0 Å². The van der Waals surface area contributed by atoms with Crippen molar-refractivity contribution in [3.8, 4) is 0 Å². The van der Waals surface area contributed by atoms with Crippen molar-refractivity contribution in [1.82, 2.24) is 4.98 Å². The van der Waals surface area contributed by atoms with Gasteiger partial charge in [-0.3, -0.25) is 4.72 Å². The summed E-state index contributed by atoms with van der Waals surface area (Å²) in [6.45, 7) is 4.20. The third-order valence-corrected chi connectivity index (χ3v) is 5.84. The number of hydrogen-bond donors (Lipinski definition) is 1. The number of thiazole rings is 1. The Hall–Kier alpha value is -1.99. The third kappa shape index (κ3) is 3.35. The third-order valence-electron chi connectivity index (χ3n) is 3.42. The van der Waals surface area contributed by atoms with Gasteiger partial charge < -0.3 is 0 Å². The van der Waals surface area contributed by atoms with E-state index < -0.39 is 15.8 Å². The van der Waals surface area contributed by atoms with Crippen molar-refractivity contribution in [2.75, 3.05) is 4.72 Å². The molecule has 0 bridgehead atoms. The molecule has 0 radical (unpaired) electrons. The van der Waals surface area contributed by atoms with Crippen LogP contribution in [0.2, 0.25) is 0 Å². The maximum absolute atomic E-state index is 12.9. The molecule has 0 aliphatic heterocycles. The summed E-state index contributed by atoms with van der Waals surface area (Å²) in [5, 5.41) is 0.297. The molecule has 23 heavy (non-hydrogen) atoms. The zero-order valence-electron chi connectivity index (χ0n) is 12.6. The lowest BCUT2D eigenvalue weighted by molar-refractivity contribution is 0.599. The minimum atomic E-state index is -3.77. The molecule has 0 aliphatic carbocycles. The number of rotatable bonds is 4. The van der Waals surface area contributed by atoms with Gasteiger partial charge >= 0.3 is 0 Å². The molecule has 0 atom stereocenters. The zero-order chi connectivity index (χ0) is 16.6. The Morgan fingerprint density at radius 3 is 2.48 bits per heavy atom. The van der Waals surface area contributed by atoms with Crippen molar-refractivity contribution in [1.29, 1.82) is 0 Å². The highest BCUT2D eigenvalue weighted by Gasteiger charge is 2.17. The van der Waals surface area contributed by atoms with Crippen LogP contribution in [-0.4, -0.2) is 13.4 Å². The van der Waals surface area contributed by atoms with Crippen LogP contribution in [0.3, 0.4) is 0 Å². The van der Waals surface area contributed by atoms with E-state index in [-0.39, 0.29) is 4.90 Å². The molecule has 0 aliphatic rings. The van der Waals surface area contributed by atoms with Gasteiger partial charge in [-0.15, -0.1) is 0 Å². The summed E-state index contributed by atoms with van der Waals surface area (Å²) >= 11 is 1.28. The summed E-state index contributed by atoms with van der Waals surface area (Å²) in [4.78, 5) is 4.30. The van der Waals surface area contributed by atoms with Gasteiger partial charge in [0.15, 0.2) is 5.13 Å². The summed E-state index contributed by atoms with van der Waals surface area (Å²) in [6.07, 6.45) is 0. The van der Waals surface area contributed by atoms with Crippen molar-refractivity contribution in [2.45, 2.75) is 24.7 Å². The second-order valence-corrected chi connectivity index (χ2v) is 8.17. The average Bonchev–Trinajstić information content (AvgIpc) is 2.87. The smallest absolute Gasteiger partial charge is 0.255 e. The Morgan fingerprint density at radius 1 is 1.13 bits per heavy atom. The first-order chi connectivity index (χ1) is 10.8. The fraction of sp³-hybridized carbons (Fsp3) is 0.188. The standard InChI is InChI=1S/C16H15FN2O2S2/c1-10(2)11-3-8-14-15(9-11)22-16(18-14)19-23(20,21)13-6-4-12(17)5-7-13/h3-10H,1-2H3,(H,18,19). The van der Waals surface area contributed by atoms with E-state index in [1.165, 1.54) is 29.0 Å². The van der Waals surface area contributed by atoms with Crippen LogP contribution in [0.5, 0.6) is 0 Å². The van der Waals surface area contributed by atoms with Crippen LogP contribution in [0.15, 0.2) is 47.4 Å². The van der Waals surface area contributed by atoms with Crippen molar-refractivity contribution >= 4 is 36.7 Å². The Kier molecular flexibility index (Phi) is 4.08. The first-order valence-electron chi connectivity index (χ1n) is 7.04. The molecular formula is C16H15FN2O2S2. The van der Waals surface area contributed by atoms with Crippen LogP contribution in [0.1, 0.15) is 25.3 Å². The Balaban J connectivity index is 1.93. The first-order valence-corrected chi connectivity index (χ1v) is 9.34. The van der Waals surface area contributed by atoms with E-state index in [1.54, 1.807) is 0 Å². The predicted molar refractivity (Wildman–Crippen MR) is 90.9 cm³/mol. The van der Waals surface area contributed by atoms with Crippen molar-refractivity contribution in [3.63, 3.8) is 0 Å². The van der Waals surface area contributed by atoms with Gasteiger partial charge in [0.2, 0.25) is 0 Å². The SMILES string of the molecule is CC(C)c1ccc2nc(NS(=O)(=O)c3ccc(F)cc3)sc2c1. The number of anilines is 1. The molecule has 0 fully saturated rings. The molecule has 3 aromatic rings. The molecule has 0 unspecified atom stereocenters. The maximum atomic E-state index is 12.9. The molecule has 3 rings (SSSR count). The quantitative estimate of drug-likeness (QED) is 0.760. The van der Waals surface area contributed by atoms with E-state index in [9.17, 15) is 12.8 Å². The van der Waals surface area contributed by atoms with E-state index in [2.05, 4.69) is 23.6 Å². The highest BCUT2D eigenvalue weighted by molar-refractivity contribution is 7.93. The van der Waals surface area contributed by atoms with E-state index in [4.69, 9.17) is 0 Å². The summed E-state index contributed by atoms with van der Waals surface area (Å²) in [7, 11) is -3.77. The lowest BCUT2D eigenvalue weighted by atomic mass is 10.0. The number of sulfonamides is 1. The average molecular weight is 350 g/mol.